The fourth-order valence-electron chi connectivity index (χ4n) is 4.01. The highest BCUT2D eigenvalue weighted by molar-refractivity contribution is 7.92. The van der Waals surface area contributed by atoms with E-state index in [4.69, 9.17) is 4.74 Å². The predicted molar refractivity (Wildman–Crippen MR) is 115 cm³/mol. The minimum absolute atomic E-state index is 0.0104. The molecule has 0 aromatic carbocycles. The molecule has 12 heteroatoms. The Labute approximate surface area is 193 Å². The third-order valence-corrected chi connectivity index (χ3v) is 8.04. The van der Waals surface area contributed by atoms with Crippen molar-refractivity contribution in [3.8, 4) is 28.4 Å². The molecule has 0 amide bonds. The lowest BCUT2D eigenvalue weighted by Gasteiger charge is -2.29. The molecule has 0 radical (unpaired) electrons. The first-order valence-electron chi connectivity index (χ1n) is 10.6. The largest absolute Gasteiger partial charge is 0.474 e. The molecule has 2 aliphatic heterocycles. The number of fused-ring (bicyclic) bond motifs is 1. The highest BCUT2D eigenvalue weighted by Crippen LogP contribution is 2.41. The summed E-state index contributed by atoms with van der Waals surface area (Å²) in [4.78, 5) is 7.82. The molecule has 0 unspecified atom stereocenters. The van der Waals surface area contributed by atoms with Crippen LogP contribution in [-0.2, 0) is 9.84 Å². The first-order valence-corrected chi connectivity index (χ1v) is 12.2. The molecule has 1 aromatic heterocycles. The first kappa shape index (κ1) is 24.2. The van der Waals surface area contributed by atoms with Gasteiger partial charge in [0.15, 0.2) is 15.7 Å². The summed E-state index contributed by atoms with van der Waals surface area (Å²) >= 11 is 0. The van der Waals surface area contributed by atoms with Crippen LogP contribution in [0, 0.1) is 6.92 Å². The second kappa shape index (κ2) is 9.05. The molecule has 184 valence electrons. The smallest absolute Gasteiger partial charge is 0.248 e. The second-order valence-corrected chi connectivity index (χ2v) is 10.6. The molecule has 1 fully saturated rings. The van der Waals surface area contributed by atoms with Gasteiger partial charge >= 0.3 is 0 Å². The number of aryl methyl sites for hydroxylation is 1. The van der Waals surface area contributed by atoms with E-state index in [1.807, 2.05) is 0 Å². The molecule has 34 heavy (non-hydrogen) atoms. The average Bonchev–Trinajstić information content (AvgIpc) is 3.29. The summed E-state index contributed by atoms with van der Waals surface area (Å²) < 4.78 is 85.9. The van der Waals surface area contributed by atoms with Gasteiger partial charge in [0.2, 0.25) is 11.8 Å². The number of hydrogen-bond donors (Lipinski definition) is 1. The zero-order chi connectivity index (χ0) is 24.7. The molecule has 1 saturated carbocycles. The van der Waals surface area contributed by atoms with Crippen molar-refractivity contribution in [1.29, 1.82) is 0 Å². The van der Waals surface area contributed by atoms with Crippen molar-refractivity contribution in [2.45, 2.75) is 54.8 Å². The first-order chi connectivity index (χ1) is 16.1. The van der Waals surface area contributed by atoms with Crippen LogP contribution in [0.2, 0.25) is 0 Å². The molecule has 0 spiro atoms. The van der Waals surface area contributed by atoms with Crippen LogP contribution in [0.4, 0.5) is 17.6 Å². The normalized spacial score (nSPS) is 16.9. The SMILES string of the molecule is Cc1cc(-c2cc(S(=O)(=O)C(CF)CF)cnc2OC2CCC(F)(F)CC2)c2ccnc-2n1O. The highest BCUT2D eigenvalue weighted by atomic mass is 32.2. The molecule has 1 aromatic rings. The van der Waals surface area contributed by atoms with Crippen LogP contribution < -0.4 is 4.74 Å². The predicted octanol–water partition coefficient (Wildman–Crippen LogP) is 4.63. The molecule has 1 aliphatic carbocycles. The van der Waals surface area contributed by atoms with Gasteiger partial charge < -0.3 is 9.94 Å². The van der Waals surface area contributed by atoms with Crippen LogP contribution in [0.3, 0.4) is 0 Å². The Bertz CT molecular complexity index is 1250. The Morgan fingerprint density at radius 3 is 2.47 bits per heavy atom. The van der Waals surface area contributed by atoms with Crippen LogP contribution in [-0.4, -0.2) is 58.9 Å². The maximum Gasteiger partial charge on any atom is 0.248 e. The summed E-state index contributed by atoms with van der Waals surface area (Å²) in [5.41, 5.74) is 1.39. The molecule has 0 bridgehead atoms. The molecule has 0 saturated heterocycles. The van der Waals surface area contributed by atoms with E-state index in [9.17, 15) is 31.2 Å². The van der Waals surface area contributed by atoms with Crippen LogP contribution in [0.25, 0.3) is 22.5 Å². The summed E-state index contributed by atoms with van der Waals surface area (Å²) in [6.45, 7) is -1.22. The standard InChI is InChI=1S/C22H23F4N3O4S/c1-13-8-18(17-4-7-27-20(17)29(13)30)19-9-15(34(31,32)16(10-23)11-24)12-28-21(19)33-14-2-5-22(25,26)6-3-14/h4,7-9,12,14,16,30H,2-3,5-6,10-11H2,1H3. The molecular weight excluding hydrogens is 478 g/mol. The van der Waals surface area contributed by atoms with Crippen molar-refractivity contribution in [2.24, 2.45) is 0 Å². The lowest BCUT2D eigenvalue weighted by Crippen LogP contribution is -2.31. The lowest BCUT2D eigenvalue weighted by atomic mass is 9.94. The number of ether oxygens (including phenoxy) is 1. The average molecular weight is 502 g/mol. The fourth-order valence-corrected chi connectivity index (χ4v) is 5.21. The quantitative estimate of drug-likeness (QED) is 0.375. The van der Waals surface area contributed by atoms with Gasteiger partial charge in [-0.2, -0.15) is 4.73 Å². The van der Waals surface area contributed by atoms with Gasteiger partial charge in [0.1, 0.15) is 24.7 Å². The van der Waals surface area contributed by atoms with E-state index in [2.05, 4.69) is 9.97 Å². The van der Waals surface area contributed by atoms with Gasteiger partial charge in [0, 0.05) is 41.9 Å². The van der Waals surface area contributed by atoms with E-state index in [0.717, 1.165) is 10.9 Å². The zero-order valence-electron chi connectivity index (χ0n) is 18.2. The number of hydrogen-bond acceptors (Lipinski definition) is 6. The van der Waals surface area contributed by atoms with Crippen LogP contribution >= 0.6 is 0 Å². The summed E-state index contributed by atoms with van der Waals surface area (Å²) in [5.74, 6) is -2.58. The molecule has 0 atom stereocenters. The van der Waals surface area contributed by atoms with Gasteiger partial charge in [-0.1, -0.05) is 0 Å². The number of sulfone groups is 1. The number of aromatic nitrogens is 3. The zero-order valence-corrected chi connectivity index (χ0v) is 19.0. The van der Waals surface area contributed by atoms with Gasteiger partial charge in [-0.25, -0.2) is 35.9 Å². The van der Waals surface area contributed by atoms with E-state index >= 15 is 0 Å². The maximum atomic E-state index is 13.6. The summed E-state index contributed by atoms with van der Waals surface area (Å²) in [6, 6.07) is 4.35. The number of nitrogens with zero attached hydrogens (tertiary/aromatic N) is 3. The minimum Gasteiger partial charge on any atom is -0.474 e. The van der Waals surface area contributed by atoms with Crippen molar-refractivity contribution >= 4 is 9.84 Å². The number of alkyl halides is 4. The molecule has 1 N–H and O–H groups in total. The van der Waals surface area contributed by atoms with E-state index in [0.29, 0.717) is 16.8 Å². The monoisotopic (exact) mass is 501 g/mol. The summed E-state index contributed by atoms with van der Waals surface area (Å²) in [6.07, 6.45) is 1.29. The fraction of sp³-hybridized carbons (Fsp3) is 0.455. The second-order valence-electron chi connectivity index (χ2n) is 8.37. The van der Waals surface area contributed by atoms with E-state index in [-0.39, 0.29) is 43.0 Å². The van der Waals surface area contributed by atoms with E-state index in [1.54, 1.807) is 19.1 Å². The topological polar surface area (TPSA) is 94.3 Å². The van der Waals surface area contributed by atoms with Crippen molar-refractivity contribution in [1.82, 2.24) is 14.7 Å². The molecule has 7 nitrogen and oxygen atoms in total. The molecular formula is C22H23F4N3O4S. The van der Waals surface area contributed by atoms with Crippen molar-refractivity contribution in [3.63, 3.8) is 0 Å². The Morgan fingerprint density at radius 2 is 1.82 bits per heavy atom. The number of rotatable bonds is 7. The Balaban J connectivity index is 1.84. The van der Waals surface area contributed by atoms with Crippen LogP contribution in [0.5, 0.6) is 5.88 Å². The summed E-state index contributed by atoms with van der Waals surface area (Å²) in [5, 5.41) is 8.39. The van der Waals surface area contributed by atoms with Crippen molar-refractivity contribution in [3.05, 3.63) is 36.3 Å². The Kier molecular flexibility index (Phi) is 6.45. The molecule has 4 rings (SSSR count). The van der Waals surface area contributed by atoms with Gasteiger partial charge in [0.05, 0.1) is 10.6 Å². The van der Waals surface area contributed by atoms with Gasteiger partial charge in [0.25, 0.3) is 0 Å². The molecule has 3 heterocycles. The van der Waals surface area contributed by atoms with Gasteiger partial charge in [-0.05, 0) is 38.0 Å². The maximum absolute atomic E-state index is 13.6. The Hall–Kier alpha value is -2.89. The molecule has 3 aliphatic rings. The summed E-state index contributed by atoms with van der Waals surface area (Å²) in [7, 11) is -4.39. The van der Waals surface area contributed by atoms with Crippen LogP contribution in [0.15, 0.2) is 35.5 Å². The van der Waals surface area contributed by atoms with Crippen molar-refractivity contribution in [2.75, 3.05) is 13.3 Å². The van der Waals surface area contributed by atoms with E-state index < -0.39 is 45.4 Å². The van der Waals surface area contributed by atoms with Crippen LogP contribution in [0.1, 0.15) is 31.4 Å². The number of pyridine rings is 2. The minimum atomic E-state index is -4.39. The Morgan fingerprint density at radius 1 is 1.15 bits per heavy atom. The third-order valence-electron chi connectivity index (χ3n) is 6.03. The van der Waals surface area contributed by atoms with Gasteiger partial charge in [-0.3, -0.25) is 0 Å². The highest BCUT2D eigenvalue weighted by Gasteiger charge is 2.37. The van der Waals surface area contributed by atoms with Gasteiger partial charge in [-0.15, -0.1) is 0 Å². The lowest BCUT2D eigenvalue weighted by molar-refractivity contribution is -0.0587. The third kappa shape index (κ3) is 4.42. The van der Waals surface area contributed by atoms with Crippen molar-refractivity contribution < 1.29 is 35.9 Å². The number of halogens is 4. The van der Waals surface area contributed by atoms with E-state index in [1.165, 1.54) is 12.3 Å².